The SMILES string of the molecule is C[C@@H](NC(=O)c1ccc(N)c(Br)c1)c1cccc(Br)c1. The molecule has 3 N–H and O–H groups in total. The Hall–Kier alpha value is -1.33. The monoisotopic (exact) mass is 396 g/mol. The minimum Gasteiger partial charge on any atom is -0.398 e. The molecule has 0 fully saturated rings. The van der Waals surface area contributed by atoms with Gasteiger partial charge in [0.15, 0.2) is 0 Å². The Morgan fingerprint density at radius 3 is 2.60 bits per heavy atom. The third-order valence-electron chi connectivity index (χ3n) is 2.96. The van der Waals surface area contributed by atoms with Gasteiger partial charge in [-0.15, -0.1) is 0 Å². The van der Waals surface area contributed by atoms with Gasteiger partial charge >= 0.3 is 0 Å². The fourth-order valence-electron chi connectivity index (χ4n) is 1.81. The maximum Gasteiger partial charge on any atom is 0.251 e. The molecule has 2 aromatic carbocycles. The molecule has 0 unspecified atom stereocenters. The third-order valence-corrected chi connectivity index (χ3v) is 4.14. The number of hydrogen-bond acceptors (Lipinski definition) is 2. The molecule has 0 aromatic heterocycles. The normalized spacial score (nSPS) is 11.9. The standard InChI is InChI=1S/C15H14Br2N2O/c1-9(10-3-2-4-12(16)7-10)19-15(20)11-5-6-14(18)13(17)8-11/h2-9H,18H2,1H3,(H,19,20)/t9-/m1/s1. The number of hydrogen-bond donors (Lipinski definition) is 2. The largest absolute Gasteiger partial charge is 0.398 e. The summed E-state index contributed by atoms with van der Waals surface area (Å²) in [6.07, 6.45) is 0. The van der Waals surface area contributed by atoms with Crippen LogP contribution in [0.25, 0.3) is 0 Å². The van der Waals surface area contributed by atoms with Crippen LogP contribution in [0.1, 0.15) is 28.9 Å². The van der Waals surface area contributed by atoms with Crippen molar-refractivity contribution in [2.75, 3.05) is 5.73 Å². The second-order valence-electron chi connectivity index (χ2n) is 4.49. The van der Waals surface area contributed by atoms with E-state index < -0.39 is 0 Å². The molecule has 1 amide bonds. The predicted octanol–water partition coefficient (Wildman–Crippen LogP) is 4.28. The fourth-order valence-corrected chi connectivity index (χ4v) is 2.60. The van der Waals surface area contributed by atoms with E-state index in [1.54, 1.807) is 18.2 Å². The van der Waals surface area contributed by atoms with Crippen LogP contribution < -0.4 is 11.1 Å². The highest BCUT2D eigenvalue weighted by Gasteiger charge is 2.12. The number of nitrogen functional groups attached to an aromatic ring is 1. The molecule has 0 saturated heterocycles. The Labute approximate surface area is 134 Å². The van der Waals surface area contributed by atoms with Gasteiger partial charge in [-0.05, 0) is 58.7 Å². The van der Waals surface area contributed by atoms with Crippen LogP contribution in [-0.2, 0) is 0 Å². The molecule has 0 aliphatic carbocycles. The minimum atomic E-state index is -0.127. The highest BCUT2D eigenvalue weighted by atomic mass is 79.9. The van der Waals surface area contributed by atoms with Gasteiger partial charge < -0.3 is 11.1 Å². The number of halogens is 2. The number of carbonyl (C=O) groups is 1. The Morgan fingerprint density at radius 2 is 1.95 bits per heavy atom. The van der Waals surface area contributed by atoms with Gasteiger partial charge in [0.05, 0.1) is 6.04 Å². The molecule has 0 spiro atoms. The highest BCUT2D eigenvalue weighted by Crippen LogP contribution is 2.22. The van der Waals surface area contributed by atoms with Crippen molar-refractivity contribution in [3.8, 4) is 0 Å². The Bertz CT molecular complexity index is 644. The van der Waals surface area contributed by atoms with Gasteiger partial charge in [0.2, 0.25) is 0 Å². The quantitative estimate of drug-likeness (QED) is 0.759. The summed E-state index contributed by atoms with van der Waals surface area (Å²) < 4.78 is 1.71. The van der Waals surface area contributed by atoms with E-state index in [2.05, 4.69) is 37.2 Å². The lowest BCUT2D eigenvalue weighted by atomic mass is 10.1. The first-order valence-corrected chi connectivity index (χ1v) is 7.67. The summed E-state index contributed by atoms with van der Waals surface area (Å²) in [7, 11) is 0. The van der Waals surface area contributed by atoms with E-state index in [-0.39, 0.29) is 11.9 Å². The average molecular weight is 398 g/mol. The van der Waals surface area contributed by atoms with Crippen LogP contribution in [0.2, 0.25) is 0 Å². The van der Waals surface area contributed by atoms with E-state index in [1.165, 1.54) is 0 Å². The molecule has 0 heterocycles. The molecule has 0 aliphatic heterocycles. The maximum atomic E-state index is 12.2. The van der Waals surface area contributed by atoms with Gasteiger partial charge in [0, 0.05) is 20.2 Å². The Morgan fingerprint density at radius 1 is 1.20 bits per heavy atom. The van der Waals surface area contributed by atoms with Crippen molar-refractivity contribution in [1.29, 1.82) is 0 Å². The molecule has 5 heteroatoms. The van der Waals surface area contributed by atoms with E-state index in [9.17, 15) is 4.79 Å². The summed E-state index contributed by atoms with van der Waals surface area (Å²) in [4.78, 5) is 12.2. The first-order valence-electron chi connectivity index (χ1n) is 6.08. The zero-order chi connectivity index (χ0) is 14.7. The summed E-state index contributed by atoms with van der Waals surface area (Å²) in [5.74, 6) is -0.127. The number of carbonyl (C=O) groups excluding carboxylic acids is 1. The van der Waals surface area contributed by atoms with Crippen molar-refractivity contribution in [3.05, 3.63) is 62.5 Å². The van der Waals surface area contributed by atoms with Crippen molar-refractivity contribution < 1.29 is 4.79 Å². The van der Waals surface area contributed by atoms with E-state index in [4.69, 9.17) is 5.73 Å². The van der Waals surface area contributed by atoms with Gasteiger partial charge in [-0.3, -0.25) is 4.79 Å². The summed E-state index contributed by atoms with van der Waals surface area (Å²) in [5, 5.41) is 2.96. The Balaban J connectivity index is 2.13. The lowest BCUT2D eigenvalue weighted by Gasteiger charge is -2.15. The van der Waals surface area contributed by atoms with Crippen LogP contribution in [0.15, 0.2) is 51.4 Å². The maximum absolute atomic E-state index is 12.2. The molecule has 2 aromatic rings. The van der Waals surface area contributed by atoms with Gasteiger partial charge in [-0.25, -0.2) is 0 Å². The van der Waals surface area contributed by atoms with Crippen LogP contribution in [0.4, 0.5) is 5.69 Å². The van der Waals surface area contributed by atoms with Gasteiger partial charge in [0.25, 0.3) is 5.91 Å². The first-order chi connectivity index (χ1) is 9.47. The molecule has 0 saturated carbocycles. The second-order valence-corrected chi connectivity index (χ2v) is 6.26. The summed E-state index contributed by atoms with van der Waals surface area (Å²) >= 11 is 6.75. The minimum absolute atomic E-state index is 0.0728. The van der Waals surface area contributed by atoms with Crippen LogP contribution in [0.5, 0.6) is 0 Å². The van der Waals surface area contributed by atoms with Crippen LogP contribution in [-0.4, -0.2) is 5.91 Å². The zero-order valence-corrected chi connectivity index (χ0v) is 14.0. The topological polar surface area (TPSA) is 55.1 Å². The number of benzene rings is 2. The number of nitrogens with one attached hydrogen (secondary N) is 1. The smallest absolute Gasteiger partial charge is 0.251 e. The third kappa shape index (κ3) is 3.61. The van der Waals surface area contributed by atoms with Gasteiger partial charge in [0.1, 0.15) is 0 Å². The Kier molecular flexibility index (Phi) is 4.83. The number of rotatable bonds is 3. The lowest BCUT2D eigenvalue weighted by Crippen LogP contribution is -2.26. The summed E-state index contributed by atoms with van der Waals surface area (Å²) in [6.45, 7) is 1.95. The molecule has 20 heavy (non-hydrogen) atoms. The van der Waals surface area contributed by atoms with Gasteiger partial charge in [-0.1, -0.05) is 28.1 Å². The number of amides is 1. The molecule has 0 aliphatic rings. The molecule has 0 radical (unpaired) electrons. The molecule has 0 bridgehead atoms. The van der Waals surface area contributed by atoms with Crippen LogP contribution >= 0.6 is 31.9 Å². The van der Waals surface area contributed by atoms with E-state index in [1.807, 2.05) is 31.2 Å². The van der Waals surface area contributed by atoms with Crippen LogP contribution in [0, 0.1) is 0 Å². The molecular weight excluding hydrogens is 384 g/mol. The van der Waals surface area contributed by atoms with E-state index in [0.717, 1.165) is 14.5 Å². The summed E-state index contributed by atoms with van der Waals surface area (Å²) in [5.41, 5.74) is 7.95. The fraction of sp³-hybridized carbons (Fsp3) is 0.133. The van der Waals surface area contributed by atoms with Crippen molar-refractivity contribution in [2.24, 2.45) is 0 Å². The second kappa shape index (κ2) is 6.41. The van der Waals surface area contributed by atoms with Crippen LogP contribution in [0.3, 0.4) is 0 Å². The molecule has 104 valence electrons. The number of anilines is 1. The average Bonchev–Trinajstić information content (AvgIpc) is 2.41. The molecule has 3 nitrogen and oxygen atoms in total. The first kappa shape index (κ1) is 15.1. The summed E-state index contributed by atoms with van der Waals surface area (Å²) in [6, 6.07) is 12.9. The molecule has 2 rings (SSSR count). The van der Waals surface area contributed by atoms with Crippen molar-refractivity contribution in [1.82, 2.24) is 5.32 Å². The van der Waals surface area contributed by atoms with E-state index >= 15 is 0 Å². The lowest BCUT2D eigenvalue weighted by molar-refractivity contribution is 0.0940. The molecular formula is C15H14Br2N2O. The van der Waals surface area contributed by atoms with E-state index in [0.29, 0.717) is 11.3 Å². The number of nitrogens with two attached hydrogens (primary N) is 1. The molecule has 1 atom stereocenters. The predicted molar refractivity (Wildman–Crippen MR) is 88.6 cm³/mol. The van der Waals surface area contributed by atoms with Crippen molar-refractivity contribution in [2.45, 2.75) is 13.0 Å². The van der Waals surface area contributed by atoms with Crippen molar-refractivity contribution >= 4 is 43.5 Å². The van der Waals surface area contributed by atoms with Gasteiger partial charge in [-0.2, -0.15) is 0 Å². The zero-order valence-electron chi connectivity index (χ0n) is 10.9. The highest BCUT2D eigenvalue weighted by molar-refractivity contribution is 9.10. The van der Waals surface area contributed by atoms with Crippen molar-refractivity contribution in [3.63, 3.8) is 0 Å².